The lowest BCUT2D eigenvalue weighted by Crippen LogP contribution is -2.32. The first-order chi connectivity index (χ1) is 19.8. The molecular formula is C39H74N+. The molecule has 1 rings (SSSR count). The van der Waals surface area contributed by atoms with E-state index in [4.69, 9.17) is 0 Å². The highest BCUT2D eigenvalue weighted by Crippen LogP contribution is 2.18. The predicted molar refractivity (Wildman–Crippen MR) is 180 cm³/mol. The maximum absolute atomic E-state index is 2.46. The molecule has 0 saturated heterocycles. The molecule has 1 heterocycles. The predicted octanol–water partition coefficient (Wildman–Crippen LogP) is 13.0. The molecule has 0 saturated carbocycles. The molecule has 0 N–H and O–H groups in total. The molecule has 40 heavy (non-hydrogen) atoms. The molecule has 0 atom stereocenters. The Morgan fingerprint density at radius 1 is 0.375 bits per heavy atom. The third-order valence-electron chi connectivity index (χ3n) is 9.17. The van der Waals surface area contributed by atoms with E-state index in [-0.39, 0.29) is 0 Å². The minimum Gasteiger partial charge on any atom is -0.205 e. The number of hydrogen-bond acceptors (Lipinski definition) is 0. The molecule has 1 nitrogen and oxygen atoms in total. The van der Waals surface area contributed by atoms with E-state index < -0.39 is 0 Å². The van der Waals surface area contributed by atoms with Crippen molar-refractivity contribution in [3.63, 3.8) is 0 Å². The zero-order chi connectivity index (χ0) is 28.8. The first-order valence-corrected chi connectivity index (χ1v) is 18.8. The van der Waals surface area contributed by atoms with Crippen LogP contribution in [-0.2, 0) is 19.4 Å². The molecule has 0 bridgehead atoms. The molecule has 0 aliphatic rings. The van der Waals surface area contributed by atoms with Crippen LogP contribution in [0.1, 0.15) is 212 Å². The van der Waals surface area contributed by atoms with Gasteiger partial charge in [-0.2, -0.15) is 0 Å². The van der Waals surface area contributed by atoms with Crippen molar-refractivity contribution >= 4 is 0 Å². The summed E-state index contributed by atoms with van der Waals surface area (Å²) in [7, 11) is 0. The molecule has 0 aliphatic heterocycles. The van der Waals surface area contributed by atoms with Crippen LogP contribution >= 0.6 is 0 Å². The van der Waals surface area contributed by atoms with E-state index in [1.807, 2.05) is 0 Å². The third-order valence-corrected chi connectivity index (χ3v) is 9.17. The molecule has 0 aliphatic carbocycles. The molecule has 0 radical (unpaired) electrons. The quantitative estimate of drug-likeness (QED) is 0.0632. The lowest BCUT2D eigenvalue weighted by Gasteiger charge is -2.09. The molecule has 1 heteroatoms. The van der Waals surface area contributed by atoms with Crippen LogP contribution in [0.5, 0.6) is 0 Å². The maximum Gasteiger partial charge on any atom is 0.172 e. The Balaban J connectivity index is 2.05. The third kappa shape index (κ3) is 22.8. The Morgan fingerprint density at radius 3 is 1.00 bits per heavy atom. The second-order valence-corrected chi connectivity index (χ2v) is 13.0. The van der Waals surface area contributed by atoms with Crippen molar-refractivity contribution in [2.24, 2.45) is 0 Å². The van der Waals surface area contributed by atoms with Crippen molar-refractivity contribution in [2.75, 3.05) is 0 Å². The van der Waals surface area contributed by atoms with Gasteiger partial charge in [-0.05, 0) is 38.2 Å². The summed E-state index contributed by atoms with van der Waals surface area (Å²) in [6, 6.07) is 2.44. The van der Waals surface area contributed by atoms with Gasteiger partial charge in [-0.15, -0.1) is 0 Å². The summed E-state index contributed by atoms with van der Waals surface area (Å²) in [5, 5.41) is 0. The normalized spacial score (nSPS) is 11.5. The molecule has 1 aromatic rings. The molecule has 0 fully saturated rings. The van der Waals surface area contributed by atoms with Crippen LogP contribution < -0.4 is 4.57 Å². The average Bonchev–Trinajstić information content (AvgIpc) is 2.98. The molecule has 0 spiro atoms. The molecular weight excluding hydrogens is 482 g/mol. The Kier molecular flexibility index (Phi) is 27.5. The molecule has 0 amide bonds. The van der Waals surface area contributed by atoms with E-state index in [1.165, 1.54) is 193 Å². The smallest absolute Gasteiger partial charge is 0.172 e. The van der Waals surface area contributed by atoms with Gasteiger partial charge in [0.1, 0.15) is 6.54 Å². The Bertz CT molecular complexity index is 636. The van der Waals surface area contributed by atoms with Gasteiger partial charge in [-0.25, -0.2) is 4.57 Å². The van der Waals surface area contributed by atoms with Gasteiger partial charge in [0.15, 0.2) is 12.4 Å². The second kappa shape index (κ2) is 29.6. The lowest BCUT2D eigenvalue weighted by molar-refractivity contribution is -0.694. The zero-order valence-electron chi connectivity index (χ0n) is 28.1. The highest BCUT2D eigenvalue weighted by Gasteiger charge is 2.09. The highest BCUT2D eigenvalue weighted by molar-refractivity contribution is 5.21. The largest absolute Gasteiger partial charge is 0.205 e. The van der Waals surface area contributed by atoms with Crippen molar-refractivity contribution in [3.05, 3.63) is 29.6 Å². The van der Waals surface area contributed by atoms with Crippen LogP contribution in [0.25, 0.3) is 0 Å². The number of hydrogen-bond donors (Lipinski definition) is 0. The van der Waals surface area contributed by atoms with Crippen molar-refractivity contribution < 1.29 is 4.57 Å². The highest BCUT2D eigenvalue weighted by atomic mass is 14.9. The lowest BCUT2D eigenvalue weighted by atomic mass is 9.97. The number of aromatic nitrogens is 1. The maximum atomic E-state index is 2.46. The van der Waals surface area contributed by atoms with Crippen LogP contribution in [-0.4, -0.2) is 0 Å². The summed E-state index contributed by atoms with van der Waals surface area (Å²) < 4.78 is 2.38. The summed E-state index contributed by atoms with van der Waals surface area (Å²) in [5.74, 6) is 0. The molecule has 1 aromatic heterocycles. The summed E-state index contributed by atoms with van der Waals surface area (Å²) >= 11 is 0. The molecule has 234 valence electrons. The van der Waals surface area contributed by atoms with Crippen molar-refractivity contribution in [1.82, 2.24) is 0 Å². The Hall–Kier alpha value is -0.850. The minimum absolute atomic E-state index is 1.09. The van der Waals surface area contributed by atoms with E-state index in [2.05, 4.69) is 43.8 Å². The fourth-order valence-electron chi connectivity index (χ4n) is 6.30. The van der Waals surface area contributed by atoms with Crippen LogP contribution in [0.15, 0.2) is 18.5 Å². The van der Waals surface area contributed by atoms with E-state index in [1.54, 1.807) is 11.1 Å². The van der Waals surface area contributed by atoms with E-state index in [0.29, 0.717) is 0 Å². The summed E-state index contributed by atoms with van der Waals surface area (Å²) in [4.78, 5) is 0. The van der Waals surface area contributed by atoms with Gasteiger partial charge in [0.2, 0.25) is 0 Å². The standard InChI is InChI=1S/C39H74N/c1-4-7-9-11-13-15-17-19-21-23-25-27-29-31-33-38-35-36-40(6-3)37-39(38)34-32-30-28-26-24-22-20-18-16-14-12-10-8-5-2/h35-37H,4-34H2,1-3H3/q+1. The van der Waals surface area contributed by atoms with Crippen molar-refractivity contribution in [2.45, 2.75) is 220 Å². The van der Waals surface area contributed by atoms with E-state index in [0.717, 1.165) is 6.54 Å². The van der Waals surface area contributed by atoms with Crippen LogP contribution in [0.2, 0.25) is 0 Å². The fraction of sp³-hybridized carbons (Fsp3) is 0.872. The van der Waals surface area contributed by atoms with E-state index >= 15 is 0 Å². The second-order valence-electron chi connectivity index (χ2n) is 13.0. The topological polar surface area (TPSA) is 3.88 Å². The Labute approximate surface area is 253 Å². The summed E-state index contributed by atoms with van der Waals surface area (Å²) in [5.41, 5.74) is 3.27. The molecule has 0 aromatic carbocycles. The van der Waals surface area contributed by atoms with Gasteiger partial charge >= 0.3 is 0 Å². The van der Waals surface area contributed by atoms with Gasteiger partial charge in [0.25, 0.3) is 0 Å². The zero-order valence-corrected chi connectivity index (χ0v) is 28.1. The van der Waals surface area contributed by atoms with Crippen LogP contribution in [0, 0.1) is 0 Å². The van der Waals surface area contributed by atoms with Gasteiger partial charge in [-0.1, -0.05) is 181 Å². The van der Waals surface area contributed by atoms with Gasteiger partial charge < -0.3 is 0 Å². The van der Waals surface area contributed by atoms with Crippen molar-refractivity contribution in [1.29, 1.82) is 0 Å². The number of nitrogens with zero attached hydrogens (tertiary/aromatic N) is 1. The van der Waals surface area contributed by atoms with Crippen LogP contribution in [0.4, 0.5) is 0 Å². The van der Waals surface area contributed by atoms with Gasteiger partial charge in [-0.3, -0.25) is 0 Å². The minimum atomic E-state index is 1.09. The average molecular weight is 557 g/mol. The summed E-state index contributed by atoms with van der Waals surface area (Å²) in [6.45, 7) is 7.97. The van der Waals surface area contributed by atoms with Crippen molar-refractivity contribution in [3.8, 4) is 0 Å². The number of rotatable bonds is 31. The molecule has 0 unspecified atom stereocenters. The van der Waals surface area contributed by atoms with Crippen LogP contribution in [0.3, 0.4) is 0 Å². The first-order valence-electron chi connectivity index (χ1n) is 18.8. The number of unbranched alkanes of at least 4 members (excludes halogenated alkanes) is 26. The van der Waals surface area contributed by atoms with Gasteiger partial charge in [0.05, 0.1) is 0 Å². The fourth-order valence-corrected chi connectivity index (χ4v) is 6.30. The number of aryl methyl sites for hydroxylation is 3. The number of pyridine rings is 1. The Morgan fingerprint density at radius 2 is 0.675 bits per heavy atom. The monoisotopic (exact) mass is 557 g/mol. The summed E-state index contributed by atoms with van der Waals surface area (Å²) in [6.07, 6.45) is 47.8. The SMILES string of the molecule is CCCCCCCCCCCCCCCCc1cc[n+](CC)cc1CCCCCCCCCCCCCCCC. The van der Waals surface area contributed by atoms with Gasteiger partial charge in [0, 0.05) is 11.6 Å². The van der Waals surface area contributed by atoms with E-state index in [9.17, 15) is 0 Å². The first kappa shape index (κ1) is 37.2.